The number of benzene rings is 2. The quantitative estimate of drug-likeness (QED) is 0.819. The molecule has 0 spiro atoms. The second-order valence-corrected chi connectivity index (χ2v) is 4.89. The molecule has 126 valence electrons. The fraction of sp³-hybridized carbons (Fsp3) is 0.222. The van der Waals surface area contributed by atoms with Crippen LogP contribution < -0.4 is 14.8 Å². The van der Waals surface area contributed by atoms with Crippen molar-refractivity contribution in [3.05, 3.63) is 48.0 Å². The lowest BCUT2D eigenvalue weighted by atomic mass is 10.2. The molecule has 0 radical (unpaired) electrons. The molecule has 1 amide bonds. The maximum Gasteiger partial charge on any atom is 0.338 e. The third kappa shape index (κ3) is 4.49. The van der Waals surface area contributed by atoms with Gasteiger partial charge in [-0.25, -0.2) is 4.79 Å². The van der Waals surface area contributed by atoms with E-state index in [1.54, 1.807) is 50.4 Å². The summed E-state index contributed by atoms with van der Waals surface area (Å²) in [6, 6.07) is 11.8. The third-order valence-electron chi connectivity index (χ3n) is 3.07. The first-order valence-electron chi connectivity index (χ1n) is 7.44. The molecule has 6 nitrogen and oxygen atoms in total. The summed E-state index contributed by atoms with van der Waals surface area (Å²) in [5.74, 6) is 0.872. The lowest BCUT2D eigenvalue weighted by Gasteiger charge is -2.13. The number of amides is 1. The molecule has 0 atom stereocenters. The van der Waals surface area contributed by atoms with E-state index in [2.05, 4.69) is 5.32 Å². The van der Waals surface area contributed by atoms with Crippen molar-refractivity contribution in [2.45, 2.75) is 13.8 Å². The first-order valence-corrected chi connectivity index (χ1v) is 7.44. The normalized spacial score (nSPS) is 9.96. The molecule has 24 heavy (non-hydrogen) atoms. The van der Waals surface area contributed by atoms with Crippen molar-refractivity contribution in [2.75, 3.05) is 19.0 Å². The number of hydrogen-bond acceptors (Lipinski definition) is 5. The van der Waals surface area contributed by atoms with Gasteiger partial charge in [-0.3, -0.25) is 4.79 Å². The molecule has 0 heterocycles. The number of nitrogens with one attached hydrogen (secondary N) is 1. The molecule has 0 fully saturated rings. The van der Waals surface area contributed by atoms with Crippen LogP contribution in [0, 0.1) is 0 Å². The predicted octanol–water partition coefficient (Wildman–Crippen LogP) is 3.62. The Hall–Kier alpha value is -3.02. The topological polar surface area (TPSA) is 73.9 Å². The Balaban J connectivity index is 2.33. The number of ether oxygens (including phenoxy) is 3. The van der Waals surface area contributed by atoms with E-state index in [-0.39, 0.29) is 12.5 Å². The molecule has 2 rings (SSSR count). The van der Waals surface area contributed by atoms with Crippen molar-refractivity contribution in [3.8, 4) is 17.2 Å². The number of hydrogen-bond donors (Lipinski definition) is 1. The van der Waals surface area contributed by atoms with Gasteiger partial charge in [-0.2, -0.15) is 0 Å². The SMILES string of the molecule is CCOC(=O)c1ccc(Oc2cccc(OC)c2)c(NC(C)=O)c1. The van der Waals surface area contributed by atoms with Gasteiger partial charge in [0.15, 0.2) is 5.75 Å². The lowest BCUT2D eigenvalue weighted by molar-refractivity contribution is -0.114. The monoisotopic (exact) mass is 329 g/mol. The Kier molecular flexibility index (Phi) is 5.78. The molecule has 0 aliphatic heterocycles. The number of carbonyl (C=O) groups is 2. The number of carbonyl (C=O) groups excluding carboxylic acids is 2. The molecular weight excluding hydrogens is 310 g/mol. The highest BCUT2D eigenvalue weighted by Crippen LogP contribution is 2.32. The molecule has 6 heteroatoms. The first-order chi connectivity index (χ1) is 11.5. The standard InChI is InChI=1S/C18H19NO5/c1-4-23-18(21)13-8-9-17(16(10-13)19-12(2)20)24-15-7-5-6-14(11-15)22-3/h5-11H,4H2,1-3H3,(H,19,20). The molecule has 0 saturated carbocycles. The van der Waals surface area contributed by atoms with E-state index >= 15 is 0 Å². The molecule has 0 aliphatic carbocycles. The van der Waals surface area contributed by atoms with Gasteiger partial charge in [0.25, 0.3) is 0 Å². The molecule has 2 aromatic carbocycles. The number of esters is 1. The van der Waals surface area contributed by atoms with Crippen LogP contribution in [0.4, 0.5) is 5.69 Å². The highest BCUT2D eigenvalue weighted by molar-refractivity contribution is 5.95. The molecule has 0 aromatic heterocycles. The Morgan fingerprint density at radius 1 is 1.08 bits per heavy atom. The van der Waals surface area contributed by atoms with Gasteiger partial charge < -0.3 is 19.5 Å². The van der Waals surface area contributed by atoms with Crippen LogP contribution in [0.2, 0.25) is 0 Å². The van der Waals surface area contributed by atoms with Gasteiger partial charge in [-0.15, -0.1) is 0 Å². The summed E-state index contributed by atoms with van der Waals surface area (Å²) in [4.78, 5) is 23.3. The van der Waals surface area contributed by atoms with Crippen molar-refractivity contribution < 1.29 is 23.8 Å². The van der Waals surface area contributed by atoms with Crippen LogP contribution in [0.3, 0.4) is 0 Å². The number of rotatable bonds is 6. The summed E-state index contributed by atoms with van der Waals surface area (Å²) in [5, 5.41) is 2.66. The summed E-state index contributed by atoms with van der Waals surface area (Å²) >= 11 is 0. The fourth-order valence-corrected chi connectivity index (χ4v) is 2.04. The fourth-order valence-electron chi connectivity index (χ4n) is 2.04. The van der Waals surface area contributed by atoms with Crippen molar-refractivity contribution in [1.29, 1.82) is 0 Å². The van der Waals surface area contributed by atoms with Crippen LogP contribution in [-0.4, -0.2) is 25.6 Å². The molecule has 0 saturated heterocycles. The van der Waals surface area contributed by atoms with Crippen molar-refractivity contribution in [1.82, 2.24) is 0 Å². The minimum absolute atomic E-state index is 0.272. The van der Waals surface area contributed by atoms with E-state index < -0.39 is 5.97 Å². The maximum absolute atomic E-state index is 11.8. The second kappa shape index (κ2) is 8.01. The van der Waals surface area contributed by atoms with Gasteiger partial charge in [-0.1, -0.05) is 6.07 Å². The molecular formula is C18H19NO5. The summed E-state index contributed by atoms with van der Waals surface area (Å²) < 4.78 is 15.9. The number of methoxy groups -OCH3 is 1. The summed E-state index contributed by atoms with van der Waals surface area (Å²) in [6.45, 7) is 3.38. The van der Waals surface area contributed by atoms with Gasteiger partial charge >= 0.3 is 5.97 Å². The largest absolute Gasteiger partial charge is 0.497 e. The molecule has 1 N–H and O–H groups in total. The zero-order valence-corrected chi connectivity index (χ0v) is 13.8. The van der Waals surface area contributed by atoms with Crippen LogP contribution in [0.5, 0.6) is 17.2 Å². The van der Waals surface area contributed by atoms with E-state index in [0.717, 1.165) is 0 Å². The van der Waals surface area contributed by atoms with Gasteiger partial charge in [0, 0.05) is 13.0 Å². The first kappa shape index (κ1) is 17.3. The van der Waals surface area contributed by atoms with Crippen LogP contribution in [0.25, 0.3) is 0 Å². The third-order valence-corrected chi connectivity index (χ3v) is 3.07. The second-order valence-electron chi connectivity index (χ2n) is 4.89. The van der Waals surface area contributed by atoms with Crippen LogP contribution in [-0.2, 0) is 9.53 Å². The minimum Gasteiger partial charge on any atom is -0.497 e. The Bertz CT molecular complexity index is 742. The minimum atomic E-state index is -0.461. The Labute approximate surface area is 140 Å². The van der Waals surface area contributed by atoms with Crippen molar-refractivity contribution >= 4 is 17.6 Å². The zero-order valence-electron chi connectivity index (χ0n) is 13.8. The number of anilines is 1. The summed E-state index contributed by atoms with van der Waals surface area (Å²) in [7, 11) is 1.57. The lowest BCUT2D eigenvalue weighted by Crippen LogP contribution is -2.10. The van der Waals surface area contributed by atoms with E-state index in [4.69, 9.17) is 14.2 Å². The van der Waals surface area contributed by atoms with Gasteiger partial charge in [0.2, 0.25) is 5.91 Å². The summed E-state index contributed by atoms with van der Waals surface area (Å²) in [6.07, 6.45) is 0. The van der Waals surface area contributed by atoms with Gasteiger partial charge in [-0.05, 0) is 37.3 Å². The van der Waals surface area contributed by atoms with E-state index in [9.17, 15) is 9.59 Å². The van der Waals surface area contributed by atoms with Crippen LogP contribution in [0.15, 0.2) is 42.5 Å². The van der Waals surface area contributed by atoms with Crippen molar-refractivity contribution in [2.24, 2.45) is 0 Å². The molecule has 2 aromatic rings. The smallest absolute Gasteiger partial charge is 0.338 e. The maximum atomic E-state index is 11.8. The van der Waals surface area contributed by atoms with Crippen molar-refractivity contribution in [3.63, 3.8) is 0 Å². The van der Waals surface area contributed by atoms with Crippen LogP contribution in [0.1, 0.15) is 24.2 Å². The van der Waals surface area contributed by atoms with E-state index in [1.807, 2.05) is 0 Å². The highest BCUT2D eigenvalue weighted by Gasteiger charge is 2.13. The molecule has 0 aliphatic rings. The molecule has 0 bridgehead atoms. The average molecular weight is 329 g/mol. The predicted molar refractivity (Wildman–Crippen MR) is 89.8 cm³/mol. The highest BCUT2D eigenvalue weighted by atomic mass is 16.5. The van der Waals surface area contributed by atoms with E-state index in [0.29, 0.717) is 28.5 Å². The summed E-state index contributed by atoms with van der Waals surface area (Å²) in [5.41, 5.74) is 0.717. The Morgan fingerprint density at radius 3 is 2.50 bits per heavy atom. The molecule has 0 unspecified atom stereocenters. The zero-order chi connectivity index (χ0) is 17.5. The Morgan fingerprint density at radius 2 is 1.83 bits per heavy atom. The van der Waals surface area contributed by atoms with Gasteiger partial charge in [0.05, 0.1) is 25.0 Å². The van der Waals surface area contributed by atoms with Crippen LogP contribution >= 0.6 is 0 Å². The van der Waals surface area contributed by atoms with Gasteiger partial charge in [0.1, 0.15) is 11.5 Å². The average Bonchev–Trinajstić information content (AvgIpc) is 2.56. The van der Waals surface area contributed by atoms with E-state index in [1.165, 1.54) is 13.0 Å².